The van der Waals surface area contributed by atoms with Crippen LogP contribution in [-0.4, -0.2) is 14.2 Å². The fourth-order valence-corrected chi connectivity index (χ4v) is 1.91. The predicted octanol–water partition coefficient (Wildman–Crippen LogP) is 0.809. The van der Waals surface area contributed by atoms with Gasteiger partial charge in [-0.15, -0.1) is 0 Å². The van der Waals surface area contributed by atoms with Gasteiger partial charge in [-0.1, -0.05) is 0 Å². The van der Waals surface area contributed by atoms with E-state index in [1.807, 2.05) is 0 Å². The quantitative estimate of drug-likeness (QED) is 0.805. The molecular formula is C9H12N2O4S. The second kappa shape index (κ2) is 3.26. The Labute approximate surface area is 93.5 Å². The molecule has 0 unspecified atom stereocenters. The first-order valence-corrected chi connectivity index (χ1v) is 6.12. The van der Waals surface area contributed by atoms with Gasteiger partial charge in [0.15, 0.2) is 11.5 Å². The molecule has 0 saturated carbocycles. The van der Waals surface area contributed by atoms with Crippen molar-refractivity contribution in [3.63, 3.8) is 0 Å². The molecule has 1 aromatic rings. The van der Waals surface area contributed by atoms with E-state index in [1.165, 1.54) is 6.07 Å². The third-order valence-corrected chi connectivity index (χ3v) is 2.44. The van der Waals surface area contributed by atoms with Gasteiger partial charge in [0, 0.05) is 19.9 Å². The van der Waals surface area contributed by atoms with E-state index in [-0.39, 0.29) is 0 Å². The maximum atomic E-state index is 10.8. The largest absolute Gasteiger partial charge is 0.449 e. The average molecular weight is 244 g/mol. The van der Waals surface area contributed by atoms with Gasteiger partial charge in [-0.05, 0) is 12.1 Å². The molecule has 0 radical (unpaired) electrons. The van der Waals surface area contributed by atoms with E-state index in [9.17, 15) is 8.42 Å². The number of hydrogen-bond donors (Lipinski definition) is 2. The fourth-order valence-electron chi connectivity index (χ4n) is 1.45. The smallest absolute Gasteiger partial charge is 0.296 e. The predicted molar refractivity (Wildman–Crippen MR) is 58.5 cm³/mol. The number of nitrogens with one attached hydrogen (secondary N) is 1. The molecule has 6 nitrogen and oxygen atoms in total. The van der Waals surface area contributed by atoms with Crippen molar-refractivity contribution in [2.75, 3.05) is 4.72 Å². The Bertz CT molecular complexity index is 524. The van der Waals surface area contributed by atoms with Crippen LogP contribution < -0.4 is 19.3 Å². The first-order chi connectivity index (χ1) is 7.25. The molecule has 0 aromatic heterocycles. The van der Waals surface area contributed by atoms with Crippen LogP contribution in [0.25, 0.3) is 0 Å². The summed E-state index contributed by atoms with van der Waals surface area (Å²) < 4.78 is 34.7. The van der Waals surface area contributed by atoms with Crippen LogP contribution in [0.2, 0.25) is 0 Å². The van der Waals surface area contributed by atoms with Crippen LogP contribution in [0, 0.1) is 0 Å². The Hall–Kier alpha value is -1.47. The van der Waals surface area contributed by atoms with Crippen molar-refractivity contribution in [2.24, 2.45) is 5.14 Å². The van der Waals surface area contributed by atoms with Crippen LogP contribution in [0.4, 0.5) is 5.69 Å². The van der Waals surface area contributed by atoms with Crippen LogP contribution >= 0.6 is 0 Å². The van der Waals surface area contributed by atoms with Gasteiger partial charge in [-0.25, -0.2) is 5.14 Å². The van der Waals surface area contributed by atoms with Gasteiger partial charge in [0.1, 0.15) is 0 Å². The van der Waals surface area contributed by atoms with Crippen molar-refractivity contribution in [2.45, 2.75) is 19.6 Å². The van der Waals surface area contributed by atoms with Crippen molar-refractivity contribution in [1.29, 1.82) is 0 Å². The van der Waals surface area contributed by atoms with E-state index < -0.39 is 16.0 Å². The first kappa shape index (κ1) is 11.0. The van der Waals surface area contributed by atoms with Crippen LogP contribution in [0.15, 0.2) is 18.2 Å². The van der Waals surface area contributed by atoms with E-state index >= 15 is 0 Å². The third kappa shape index (κ3) is 2.37. The van der Waals surface area contributed by atoms with Crippen LogP contribution in [0.5, 0.6) is 11.5 Å². The molecule has 1 aliphatic rings. The number of ether oxygens (including phenoxy) is 2. The summed E-state index contributed by atoms with van der Waals surface area (Å²) in [6.07, 6.45) is 0. The van der Waals surface area contributed by atoms with Crippen LogP contribution in [0.3, 0.4) is 0 Å². The minimum Gasteiger partial charge on any atom is -0.449 e. The number of benzene rings is 1. The monoisotopic (exact) mass is 244 g/mol. The molecule has 0 fully saturated rings. The molecule has 1 aromatic carbocycles. The molecule has 0 bridgehead atoms. The van der Waals surface area contributed by atoms with E-state index in [2.05, 4.69) is 4.72 Å². The summed E-state index contributed by atoms with van der Waals surface area (Å²) in [6, 6.07) is 4.69. The van der Waals surface area contributed by atoms with Gasteiger partial charge in [0.25, 0.3) is 10.2 Å². The molecule has 7 heteroatoms. The Morgan fingerprint density at radius 3 is 2.50 bits per heavy atom. The van der Waals surface area contributed by atoms with Crippen LogP contribution in [0.1, 0.15) is 13.8 Å². The van der Waals surface area contributed by atoms with Crippen molar-refractivity contribution in [1.82, 2.24) is 0 Å². The highest BCUT2D eigenvalue weighted by molar-refractivity contribution is 7.90. The summed E-state index contributed by atoms with van der Waals surface area (Å²) in [4.78, 5) is 0. The normalized spacial score (nSPS) is 17.2. The van der Waals surface area contributed by atoms with Crippen molar-refractivity contribution in [3.05, 3.63) is 18.2 Å². The first-order valence-electron chi connectivity index (χ1n) is 4.58. The molecule has 0 aliphatic carbocycles. The van der Waals surface area contributed by atoms with Gasteiger partial charge in [-0.3, -0.25) is 4.72 Å². The number of nitrogens with two attached hydrogens (primary N) is 1. The number of rotatable bonds is 2. The second-order valence-corrected chi connectivity index (χ2v) is 5.21. The molecule has 0 saturated heterocycles. The lowest BCUT2D eigenvalue weighted by Gasteiger charge is -2.16. The summed E-state index contributed by atoms with van der Waals surface area (Å²) >= 11 is 0. The SMILES string of the molecule is CC1(C)Oc2ccc(NS(N)(=O)=O)cc2O1. The number of fused-ring (bicyclic) bond motifs is 1. The summed E-state index contributed by atoms with van der Waals surface area (Å²) in [7, 11) is -3.77. The summed E-state index contributed by atoms with van der Waals surface area (Å²) in [6.45, 7) is 3.53. The number of hydrogen-bond acceptors (Lipinski definition) is 4. The highest BCUT2D eigenvalue weighted by Crippen LogP contribution is 2.40. The van der Waals surface area contributed by atoms with Crippen molar-refractivity contribution < 1.29 is 17.9 Å². The summed E-state index contributed by atoms with van der Waals surface area (Å²) in [5.41, 5.74) is 0.336. The second-order valence-electron chi connectivity index (χ2n) is 3.91. The van der Waals surface area contributed by atoms with E-state index in [1.54, 1.807) is 26.0 Å². The Balaban J connectivity index is 2.30. The zero-order valence-electron chi connectivity index (χ0n) is 8.85. The lowest BCUT2D eigenvalue weighted by Crippen LogP contribution is -2.29. The Kier molecular flexibility index (Phi) is 2.25. The molecule has 0 amide bonds. The van der Waals surface area contributed by atoms with E-state index in [4.69, 9.17) is 14.6 Å². The molecule has 16 heavy (non-hydrogen) atoms. The van der Waals surface area contributed by atoms with Crippen molar-refractivity contribution >= 4 is 15.9 Å². The third-order valence-electron chi connectivity index (χ3n) is 1.92. The van der Waals surface area contributed by atoms with Crippen molar-refractivity contribution in [3.8, 4) is 11.5 Å². The minimum atomic E-state index is -3.77. The molecular weight excluding hydrogens is 232 g/mol. The van der Waals surface area contributed by atoms with Gasteiger partial charge in [0.2, 0.25) is 5.79 Å². The molecule has 3 N–H and O–H groups in total. The number of anilines is 1. The van der Waals surface area contributed by atoms with E-state index in [0.717, 1.165) is 0 Å². The molecule has 2 rings (SSSR count). The maximum Gasteiger partial charge on any atom is 0.296 e. The van der Waals surface area contributed by atoms with Gasteiger partial charge in [-0.2, -0.15) is 8.42 Å². The molecule has 1 aliphatic heterocycles. The molecule has 1 heterocycles. The van der Waals surface area contributed by atoms with Gasteiger partial charge < -0.3 is 9.47 Å². The lowest BCUT2D eigenvalue weighted by atomic mass is 10.3. The molecule has 0 spiro atoms. The van der Waals surface area contributed by atoms with E-state index in [0.29, 0.717) is 17.2 Å². The summed E-state index contributed by atoms with van der Waals surface area (Å²) in [5, 5.41) is 4.86. The zero-order chi connectivity index (χ0) is 12.0. The fraction of sp³-hybridized carbons (Fsp3) is 0.333. The Morgan fingerprint density at radius 1 is 1.25 bits per heavy atom. The lowest BCUT2D eigenvalue weighted by molar-refractivity contribution is -0.0431. The zero-order valence-corrected chi connectivity index (χ0v) is 9.67. The van der Waals surface area contributed by atoms with Gasteiger partial charge >= 0.3 is 0 Å². The van der Waals surface area contributed by atoms with Crippen LogP contribution in [-0.2, 0) is 10.2 Å². The molecule has 0 atom stereocenters. The standard InChI is InChI=1S/C9H12N2O4S/c1-9(2)14-7-4-3-6(5-8(7)15-9)11-16(10,12)13/h3-5,11H,1-2H3,(H2,10,12,13). The average Bonchev–Trinajstić information content (AvgIpc) is 2.34. The highest BCUT2D eigenvalue weighted by Gasteiger charge is 2.31. The highest BCUT2D eigenvalue weighted by atomic mass is 32.2. The minimum absolute atomic E-state index is 0.336. The topological polar surface area (TPSA) is 90.6 Å². The summed E-state index contributed by atoms with van der Waals surface area (Å²) in [5.74, 6) is 0.325. The Morgan fingerprint density at radius 2 is 1.88 bits per heavy atom. The maximum absolute atomic E-state index is 10.8. The molecule has 88 valence electrons. The van der Waals surface area contributed by atoms with Gasteiger partial charge in [0.05, 0.1) is 5.69 Å².